The van der Waals surface area contributed by atoms with Crippen molar-refractivity contribution in [3.63, 3.8) is 0 Å². The van der Waals surface area contributed by atoms with Gasteiger partial charge in [-0.2, -0.15) is 0 Å². The van der Waals surface area contributed by atoms with Crippen molar-refractivity contribution in [2.75, 3.05) is 17.6 Å². The monoisotopic (exact) mass is 508 g/mol. The van der Waals surface area contributed by atoms with Crippen molar-refractivity contribution in [1.29, 1.82) is 0 Å². The first-order chi connectivity index (χ1) is 16.3. The SMILES string of the molecule is Nc1nc(C(O)(O)C(=O)Nc2c(O)c(O)c(CC(O)(O)NCCc3ccccc3)c(O)c2O)cs1. The standard InChI is InChI=1S/C21H24N4O9S/c22-19-24-12(9-35-19)21(33,34)18(30)25-13-16(28)14(26)11(15(27)17(13)29)8-20(31,32)23-7-6-10-4-2-1-3-5-10/h1-5,9,23,26-29,31-34H,6-8H2,(H2,22,24)(H,25,30). The maximum absolute atomic E-state index is 12.4. The van der Waals surface area contributed by atoms with Crippen LogP contribution in [0.15, 0.2) is 35.7 Å². The summed E-state index contributed by atoms with van der Waals surface area (Å²) in [5, 5.41) is 87.0. The van der Waals surface area contributed by atoms with E-state index in [-0.39, 0.29) is 11.7 Å². The number of thiazole rings is 1. The fraction of sp³-hybridized carbons (Fsp3) is 0.238. The predicted octanol–water partition coefficient (Wildman–Crippen LogP) is -0.663. The van der Waals surface area contributed by atoms with Crippen LogP contribution < -0.4 is 16.4 Å². The van der Waals surface area contributed by atoms with E-state index in [0.717, 1.165) is 22.3 Å². The Bertz CT molecular complexity index is 1190. The van der Waals surface area contributed by atoms with Gasteiger partial charge < -0.3 is 51.9 Å². The van der Waals surface area contributed by atoms with E-state index in [1.54, 1.807) is 5.32 Å². The van der Waals surface area contributed by atoms with Crippen LogP contribution in [0.25, 0.3) is 0 Å². The number of benzene rings is 2. The minimum Gasteiger partial charge on any atom is -0.504 e. The normalized spacial score (nSPS) is 12.0. The van der Waals surface area contributed by atoms with Gasteiger partial charge in [0.05, 0.1) is 5.56 Å². The van der Waals surface area contributed by atoms with E-state index < -0.39 is 64.0 Å². The quantitative estimate of drug-likeness (QED) is 0.0980. The number of hydrogen-bond donors (Lipinski definition) is 11. The predicted molar refractivity (Wildman–Crippen MR) is 123 cm³/mol. The number of nitrogens with one attached hydrogen (secondary N) is 2. The molecular weight excluding hydrogens is 484 g/mol. The topological polar surface area (TPSA) is 242 Å². The number of anilines is 2. The summed E-state index contributed by atoms with van der Waals surface area (Å²) in [5.41, 5.74) is 4.13. The Kier molecular flexibility index (Phi) is 7.35. The number of carbonyl (C=O) groups excluding carboxylic acids is 1. The van der Waals surface area contributed by atoms with Crippen molar-refractivity contribution >= 4 is 28.1 Å². The molecule has 3 aromatic rings. The second-order valence-electron chi connectivity index (χ2n) is 7.60. The van der Waals surface area contributed by atoms with Crippen LogP contribution in [0.4, 0.5) is 10.8 Å². The minimum absolute atomic E-state index is 0.0699. The van der Waals surface area contributed by atoms with Crippen molar-refractivity contribution in [2.24, 2.45) is 0 Å². The summed E-state index contributed by atoms with van der Waals surface area (Å²) in [7, 11) is 0. The molecule has 0 spiro atoms. The Morgan fingerprint density at radius 1 is 0.971 bits per heavy atom. The van der Waals surface area contributed by atoms with Gasteiger partial charge in [0, 0.05) is 18.3 Å². The van der Waals surface area contributed by atoms with E-state index in [4.69, 9.17) is 5.73 Å². The third kappa shape index (κ3) is 5.71. The molecule has 188 valence electrons. The summed E-state index contributed by atoms with van der Waals surface area (Å²) in [6.07, 6.45) is -0.477. The number of nitrogens with zero attached hydrogens (tertiary/aromatic N) is 1. The summed E-state index contributed by atoms with van der Waals surface area (Å²) in [5.74, 6) is -12.1. The van der Waals surface area contributed by atoms with Gasteiger partial charge in [0.2, 0.25) is 5.91 Å². The number of aromatic nitrogens is 1. The zero-order chi connectivity index (χ0) is 26.0. The van der Waals surface area contributed by atoms with E-state index in [2.05, 4.69) is 10.3 Å². The van der Waals surface area contributed by atoms with Gasteiger partial charge in [-0.1, -0.05) is 30.3 Å². The molecule has 0 saturated carbocycles. The molecule has 12 N–H and O–H groups in total. The average molecular weight is 509 g/mol. The first kappa shape index (κ1) is 26.0. The van der Waals surface area contributed by atoms with Crippen LogP contribution in [0.1, 0.15) is 16.8 Å². The second-order valence-corrected chi connectivity index (χ2v) is 8.49. The highest BCUT2D eigenvalue weighted by Gasteiger charge is 2.40. The van der Waals surface area contributed by atoms with Crippen LogP contribution in [0.3, 0.4) is 0 Å². The molecule has 0 aliphatic rings. The van der Waals surface area contributed by atoms with Gasteiger partial charge in [-0.25, -0.2) is 4.98 Å². The van der Waals surface area contributed by atoms with Crippen LogP contribution in [0.2, 0.25) is 0 Å². The van der Waals surface area contributed by atoms with Gasteiger partial charge in [-0.05, 0) is 12.0 Å². The van der Waals surface area contributed by atoms with E-state index >= 15 is 0 Å². The number of aliphatic hydroxyl groups is 4. The molecule has 0 aliphatic carbocycles. The first-order valence-electron chi connectivity index (χ1n) is 10.0. The largest absolute Gasteiger partial charge is 0.504 e. The van der Waals surface area contributed by atoms with Crippen LogP contribution in [0.5, 0.6) is 23.0 Å². The number of rotatable bonds is 9. The molecule has 1 aromatic heterocycles. The summed E-state index contributed by atoms with van der Waals surface area (Å²) < 4.78 is 0. The minimum atomic E-state index is -3.25. The number of nitrogens with two attached hydrogens (primary N) is 1. The van der Waals surface area contributed by atoms with Crippen molar-refractivity contribution in [2.45, 2.75) is 24.5 Å². The lowest BCUT2D eigenvalue weighted by molar-refractivity contribution is -0.185. The Morgan fingerprint density at radius 2 is 1.57 bits per heavy atom. The van der Waals surface area contributed by atoms with Gasteiger partial charge >= 0.3 is 0 Å². The molecule has 1 amide bonds. The maximum atomic E-state index is 12.4. The summed E-state index contributed by atoms with van der Waals surface area (Å²) in [6, 6.07) is 9.11. The van der Waals surface area contributed by atoms with E-state index in [9.17, 15) is 45.6 Å². The van der Waals surface area contributed by atoms with E-state index in [1.165, 1.54) is 0 Å². The highest BCUT2D eigenvalue weighted by atomic mass is 32.1. The number of carbonyl (C=O) groups is 1. The Hall–Kier alpha value is -3.66. The number of hydrogen-bond acceptors (Lipinski definition) is 13. The van der Waals surface area contributed by atoms with Crippen LogP contribution in [-0.4, -0.2) is 64.2 Å². The molecule has 0 fully saturated rings. The molecule has 1 heterocycles. The molecular formula is C21H24N4O9S. The molecule has 13 nitrogen and oxygen atoms in total. The molecule has 0 saturated heterocycles. The molecule has 35 heavy (non-hydrogen) atoms. The van der Waals surface area contributed by atoms with Gasteiger partial charge in [0.25, 0.3) is 11.7 Å². The van der Waals surface area contributed by atoms with Crippen LogP contribution >= 0.6 is 11.3 Å². The zero-order valence-corrected chi connectivity index (χ0v) is 18.8. The summed E-state index contributed by atoms with van der Waals surface area (Å²) >= 11 is 0.812. The number of phenols is 4. The second kappa shape index (κ2) is 9.91. The fourth-order valence-corrected chi connectivity index (χ4v) is 3.76. The first-order valence-corrected chi connectivity index (χ1v) is 10.9. The van der Waals surface area contributed by atoms with Crippen molar-refractivity contribution in [1.82, 2.24) is 10.3 Å². The third-order valence-electron chi connectivity index (χ3n) is 5.02. The molecule has 14 heteroatoms. The summed E-state index contributed by atoms with van der Waals surface area (Å²) in [6.45, 7) is 0.0842. The van der Waals surface area contributed by atoms with Gasteiger partial charge in [-0.3, -0.25) is 10.1 Å². The van der Waals surface area contributed by atoms with Gasteiger partial charge in [0.15, 0.2) is 28.1 Å². The molecule has 0 bridgehead atoms. The van der Waals surface area contributed by atoms with E-state index in [0.29, 0.717) is 6.42 Å². The Morgan fingerprint density at radius 3 is 2.11 bits per heavy atom. The highest BCUT2D eigenvalue weighted by molar-refractivity contribution is 7.13. The van der Waals surface area contributed by atoms with E-state index in [1.807, 2.05) is 30.3 Å². The molecule has 0 atom stereocenters. The molecule has 0 aliphatic heterocycles. The third-order valence-corrected chi connectivity index (χ3v) is 5.69. The van der Waals surface area contributed by atoms with Crippen molar-refractivity contribution < 1.29 is 45.6 Å². The fourth-order valence-electron chi connectivity index (χ4n) is 3.16. The molecule has 2 aromatic carbocycles. The highest BCUT2D eigenvalue weighted by Crippen LogP contribution is 2.50. The van der Waals surface area contributed by atoms with Crippen molar-refractivity contribution in [3.8, 4) is 23.0 Å². The number of amides is 1. The van der Waals surface area contributed by atoms with Gasteiger partial charge in [-0.15, -0.1) is 11.3 Å². The molecule has 0 unspecified atom stereocenters. The maximum Gasteiger partial charge on any atom is 0.291 e. The number of nitrogen functional groups attached to an aromatic ring is 1. The number of phenolic OH excluding ortho intramolecular Hbond substituents is 4. The van der Waals surface area contributed by atoms with Crippen molar-refractivity contribution in [3.05, 3.63) is 52.5 Å². The van der Waals surface area contributed by atoms with Gasteiger partial charge in [0.1, 0.15) is 11.4 Å². The Labute approximate surface area is 202 Å². The Balaban J connectivity index is 1.78. The number of aromatic hydroxyl groups is 4. The lowest BCUT2D eigenvalue weighted by Gasteiger charge is -2.25. The smallest absolute Gasteiger partial charge is 0.291 e. The van der Waals surface area contributed by atoms with Crippen LogP contribution in [-0.2, 0) is 23.4 Å². The lowest BCUT2D eigenvalue weighted by Crippen LogP contribution is -2.47. The average Bonchev–Trinajstić information content (AvgIpc) is 3.26. The zero-order valence-electron chi connectivity index (χ0n) is 18.0. The summed E-state index contributed by atoms with van der Waals surface area (Å²) in [4.78, 5) is 15.9. The lowest BCUT2D eigenvalue weighted by atomic mass is 10.0. The molecule has 3 rings (SSSR count). The van der Waals surface area contributed by atoms with Crippen LogP contribution in [0, 0.1) is 0 Å². The molecule has 0 radical (unpaired) electrons.